The molecule has 3 aromatic rings. The van der Waals surface area contributed by atoms with Gasteiger partial charge in [-0.15, -0.1) is 0 Å². The van der Waals surface area contributed by atoms with Crippen LogP contribution in [0.3, 0.4) is 0 Å². The van der Waals surface area contributed by atoms with Crippen molar-refractivity contribution < 1.29 is 13.9 Å². The van der Waals surface area contributed by atoms with E-state index in [0.29, 0.717) is 20.8 Å². The summed E-state index contributed by atoms with van der Waals surface area (Å²) in [5.74, 6) is 0.182. The third-order valence-electron chi connectivity index (χ3n) is 4.50. The van der Waals surface area contributed by atoms with Crippen molar-refractivity contribution >= 4 is 46.2 Å². The van der Waals surface area contributed by atoms with Gasteiger partial charge in [0.15, 0.2) is 5.17 Å². The molecule has 3 aromatic carbocycles. The van der Waals surface area contributed by atoms with Crippen molar-refractivity contribution in [3.05, 3.63) is 99.2 Å². The monoisotopic (exact) mass is 452 g/mol. The molecular formula is C24H18ClFN2O2S. The van der Waals surface area contributed by atoms with Crippen LogP contribution < -0.4 is 10.1 Å². The van der Waals surface area contributed by atoms with Crippen LogP contribution in [0.15, 0.2) is 76.6 Å². The van der Waals surface area contributed by atoms with Crippen LogP contribution in [0, 0.1) is 12.7 Å². The van der Waals surface area contributed by atoms with Crippen LogP contribution in [0.25, 0.3) is 6.08 Å². The number of aryl methyl sites for hydroxylation is 1. The van der Waals surface area contributed by atoms with E-state index in [-0.39, 0.29) is 18.3 Å². The number of hydrogen-bond donors (Lipinski definition) is 1. The average molecular weight is 453 g/mol. The second-order valence-corrected chi connectivity index (χ2v) is 8.37. The molecular weight excluding hydrogens is 435 g/mol. The lowest BCUT2D eigenvalue weighted by molar-refractivity contribution is -0.115. The highest BCUT2D eigenvalue weighted by atomic mass is 35.5. The summed E-state index contributed by atoms with van der Waals surface area (Å²) in [6, 6.07) is 19.1. The Morgan fingerprint density at radius 1 is 1.13 bits per heavy atom. The summed E-state index contributed by atoms with van der Waals surface area (Å²) in [6.45, 7) is 2.20. The summed E-state index contributed by atoms with van der Waals surface area (Å²) in [5, 5.41) is 3.96. The average Bonchev–Trinajstić information content (AvgIpc) is 3.08. The Bertz CT molecular complexity index is 1190. The Morgan fingerprint density at radius 3 is 2.68 bits per heavy atom. The molecule has 0 spiro atoms. The third-order valence-corrected chi connectivity index (χ3v) is 5.65. The topological polar surface area (TPSA) is 50.7 Å². The number of aliphatic imine (C=N–C) groups is 1. The van der Waals surface area contributed by atoms with Gasteiger partial charge >= 0.3 is 0 Å². The zero-order valence-corrected chi connectivity index (χ0v) is 18.1. The van der Waals surface area contributed by atoms with Crippen molar-refractivity contribution in [3.63, 3.8) is 0 Å². The zero-order chi connectivity index (χ0) is 21.8. The molecule has 1 aliphatic rings. The standard InChI is InChI=1S/C24H18ClFN2O2S/c1-15-11-18(25)7-10-21(15)27-24-28-23(29)22(31-24)13-16-5-8-20(9-6-16)30-14-17-3-2-4-19(26)12-17/h2-13H,14H2,1H3,(H,27,28,29)/b22-13-. The Balaban J connectivity index is 1.42. The van der Waals surface area contributed by atoms with Crippen molar-refractivity contribution in [2.75, 3.05) is 0 Å². The molecule has 0 bridgehead atoms. The number of nitrogens with zero attached hydrogens (tertiary/aromatic N) is 1. The van der Waals surface area contributed by atoms with Gasteiger partial charge in [-0.3, -0.25) is 4.79 Å². The molecule has 0 saturated carbocycles. The fraction of sp³-hybridized carbons (Fsp3) is 0.0833. The number of thioether (sulfide) groups is 1. The number of nitrogens with one attached hydrogen (secondary N) is 1. The van der Waals surface area contributed by atoms with E-state index in [1.54, 1.807) is 18.2 Å². The van der Waals surface area contributed by atoms with Gasteiger partial charge < -0.3 is 10.1 Å². The highest BCUT2D eigenvalue weighted by Crippen LogP contribution is 2.30. The maximum absolute atomic E-state index is 13.2. The summed E-state index contributed by atoms with van der Waals surface area (Å²) in [5.41, 5.74) is 3.31. The molecule has 4 nitrogen and oxygen atoms in total. The number of halogens is 2. The minimum atomic E-state index is -0.287. The maximum Gasteiger partial charge on any atom is 0.264 e. The van der Waals surface area contributed by atoms with E-state index in [2.05, 4.69) is 10.3 Å². The molecule has 31 heavy (non-hydrogen) atoms. The molecule has 1 fully saturated rings. The first-order valence-corrected chi connectivity index (χ1v) is 10.7. The third kappa shape index (κ3) is 5.54. The number of amidine groups is 1. The Morgan fingerprint density at radius 2 is 1.94 bits per heavy atom. The van der Waals surface area contributed by atoms with E-state index < -0.39 is 0 Å². The summed E-state index contributed by atoms with van der Waals surface area (Å²) in [6.07, 6.45) is 1.80. The van der Waals surface area contributed by atoms with E-state index in [1.807, 2.05) is 49.4 Å². The number of hydrogen-bond acceptors (Lipinski definition) is 4. The number of carbonyl (C=O) groups is 1. The van der Waals surface area contributed by atoms with Crippen molar-refractivity contribution in [1.29, 1.82) is 0 Å². The molecule has 0 aliphatic carbocycles. The van der Waals surface area contributed by atoms with Crippen LogP contribution in [0.4, 0.5) is 10.1 Å². The number of ether oxygens (including phenoxy) is 1. The fourth-order valence-corrected chi connectivity index (χ4v) is 4.00. The smallest absolute Gasteiger partial charge is 0.264 e. The normalized spacial score (nSPS) is 16.0. The minimum Gasteiger partial charge on any atom is -0.489 e. The Kier molecular flexibility index (Phi) is 6.39. The van der Waals surface area contributed by atoms with Crippen LogP contribution in [-0.2, 0) is 11.4 Å². The summed E-state index contributed by atoms with van der Waals surface area (Å²) in [7, 11) is 0. The van der Waals surface area contributed by atoms with Crippen molar-refractivity contribution in [2.45, 2.75) is 13.5 Å². The summed E-state index contributed by atoms with van der Waals surface area (Å²) >= 11 is 7.27. The first kappa shape index (κ1) is 21.2. The molecule has 1 saturated heterocycles. The minimum absolute atomic E-state index is 0.193. The maximum atomic E-state index is 13.2. The Hall–Kier alpha value is -3.09. The summed E-state index contributed by atoms with van der Waals surface area (Å²) in [4.78, 5) is 17.4. The van der Waals surface area contributed by atoms with Crippen LogP contribution >= 0.6 is 23.4 Å². The molecule has 0 radical (unpaired) electrons. The lowest BCUT2D eigenvalue weighted by Gasteiger charge is -2.06. The largest absolute Gasteiger partial charge is 0.489 e. The number of benzene rings is 3. The SMILES string of the molecule is Cc1cc(Cl)ccc1N=C1NC(=O)/C(=C/c2ccc(OCc3cccc(F)c3)cc2)S1. The molecule has 0 unspecified atom stereocenters. The van der Waals surface area contributed by atoms with Gasteiger partial charge in [-0.2, -0.15) is 0 Å². The van der Waals surface area contributed by atoms with Crippen LogP contribution in [-0.4, -0.2) is 11.1 Å². The van der Waals surface area contributed by atoms with E-state index >= 15 is 0 Å². The van der Waals surface area contributed by atoms with Gasteiger partial charge in [-0.05, 0) is 83.9 Å². The molecule has 1 heterocycles. The lowest BCUT2D eigenvalue weighted by atomic mass is 10.2. The number of rotatable bonds is 5. The van der Waals surface area contributed by atoms with Gasteiger partial charge in [-0.25, -0.2) is 9.38 Å². The highest BCUT2D eigenvalue weighted by molar-refractivity contribution is 8.18. The van der Waals surface area contributed by atoms with Crippen LogP contribution in [0.1, 0.15) is 16.7 Å². The predicted molar refractivity (Wildman–Crippen MR) is 124 cm³/mol. The van der Waals surface area contributed by atoms with E-state index in [4.69, 9.17) is 16.3 Å². The molecule has 1 N–H and O–H groups in total. The zero-order valence-electron chi connectivity index (χ0n) is 16.6. The first-order chi connectivity index (χ1) is 15.0. The summed E-state index contributed by atoms with van der Waals surface area (Å²) < 4.78 is 18.9. The number of carbonyl (C=O) groups excluding carboxylic acids is 1. The predicted octanol–water partition coefficient (Wildman–Crippen LogP) is 6.26. The number of amides is 1. The fourth-order valence-electron chi connectivity index (χ4n) is 2.94. The molecule has 0 aromatic heterocycles. The van der Waals surface area contributed by atoms with Crippen LogP contribution in [0.2, 0.25) is 5.02 Å². The van der Waals surface area contributed by atoms with Gasteiger partial charge in [0.1, 0.15) is 18.2 Å². The van der Waals surface area contributed by atoms with Crippen molar-refractivity contribution in [3.8, 4) is 5.75 Å². The second kappa shape index (κ2) is 9.37. The van der Waals surface area contributed by atoms with Gasteiger partial charge in [0.05, 0.1) is 10.6 Å². The molecule has 156 valence electrons. The van der Waals surface area contributed by atoms with E-state index in [0.717, 1.165) is 22.4 Å². The molecule has 0 atom stereocenters. The second-order valence-electron chi connectivity index (χ2n) is 6.90. The van der Waals surface area contributed by atoms with E-state index in [9.17, 15) is 9.18 Å². The quantitative estimate of drug-likeness (QED) is 0.465. The van der Waals surface area contributed by atoms with Crippen LogP contribution in [0.5, 0.6) is 5.75 Å². The van der Waals surface area contributed by atoms with Gasteiger partial charge in [0.25, 0.3) is 5.91 Å². The van der Waals surface area contributed by atoms with E-state index in [1.165, 1.54) is 23.9 Å². The van der Waals surface area contributed by atoms with Gasteiger partial charge in [-0.1, -0.05) is 35.9 Å². The lowest BCUT2D eigenvalue weighted by Crippen LogP contribution is -2.19. The van der Waals surface area contributed by atoms with Gasteiger partial charge in [0.2, 0.25) is 0 Å². The molecule has 1 amide bonds. The molecule has 7 heteroatoms. The first-order valence-electron chi connectivity index (χ1n) is 9.49. The highest BCUT2D eigenvalue weighted by Gasteiger charge is 2.24. The molecule has 1 aliphatic heterocycles. The van der Waals surface area contributed by atoms with Crippen molar-refractivity contribution in [1.82, 2.24) is 5.32 Å². The van der Waals surface area contributed by atoms with Gasteiger partial charge in [0, 0.05) is 5.02 Å². The molecule has 4 rings (SSSR count). The van der Waals surface area contributed by atoms with Crippen molar-refractivity contribution in [2.24, 2.45) is 4.99 Å². The Labute approximate surface area is 188 Å².